The number of hydrogen-bond acceptors (Lipinski definition) is 6. The SMILES string of the molecule is COc1ccc(S(=O)(=O)CC(=O)N[C@H](C(=O)O)c2ccccc2)cc1OC. The Balaban J connectivity index is 2.19. The first kappa shape index (κ1) is 20.2. The molecule has 0 fully saturated rings. The van der Waals surface area contributed by atoms with E-state index in [4.69, 9.17) is 9.47 Å². The lowest BCUT2D eigenvalue weighted by molar-refractivity contribution is -0.141. The molecule has 1 amide bonds. The summed E-state index contributed by atoms with van der Waals surface area (Å²) in [6, 6.07) is 10.6. The molecule has 1 atom stereocenters. The molecule has 0 aliphatic carbocycles. The molecular weight excluding hydrogens is 374 g/mol. The molecule has 0 heterocycles. The summed E-state index contributed by atoms with van der Waals surface area (Å²) in [7, 11) is -1.24. The number of nitrogens with one attached hydrogen (secondary N) is 1. The average molecular weight is 393 g/mol. The normalized spacial score (nSPS) is 12.1. The van der Waals surface area contributed by atoms with Crippen molar-refractivity contribution < 1.29 is 32.6 Å². The van der Waals surface area contributed by atoms with E-state index >= 15 is 0 Å². The number of ether oxygens (including phenoxy) is 2. The van der Waals surface area contributed by atoms with E-state index < -0.39 is 33.5 Å². The first-order valence-corrected chi connectivity index (χ1v) is 9.45. The summed E-state index contributed by atoms with van der Waals surface area (Å²) in [5.74, 6) is -2.58. The third-order valence-corrected chi connectivity index (χ3v) is 5.33. The number of benzene rings is 2. The Morgan fingerprint density at radius 1 is 1.04 bits per heavy atom. The van der Waals surface area contributed by atoms with Crippen molar-refractivity contribution in [3.63, 3.8) is 0 Å². The zero-order chi connectivity index (χ0) is 20.0. The van der Waals surface area contributed by atoms with Gasteiger partial charge in [-0.05, 0) is 17.7 Å². The van der Waals surface area contributed by atoms with Crippen molar-refractivity contribution in [2.24, 2.45) is 0 Å². The van der Waals surface area contributed by atoms with Crippen LogP contribution in [0, 0.1) is 0 Å². The van der Waals surface area contributed by atoms with Gasteiger partial charge in [-0.2, -0.15) is 0 Å². The molecule has 144 valence electrons. The van der Waals surface area contributed by atoms with Gasteiger partial charge >= 0.3 is 5.97 Å². The number of aliphatic carboxylic acids is 1. The van der Waals surface area contributed by atoms with Gasteiger partial charge in [0.25, 0.3) is 0 Å². The third-order valence-electron chi connectivity index (χ3n) is 3.72. The minimum absolute atomic E-state index is 0.137. The molecule has 0 radical (unpaired) electrons. The van der Waals surface area contributed by atoms with Crippen LogP contribution in [0.1, 0.15) is 11.6 Å². The minimum Gasteiger partial charge on any atom is -0.493 e. The molecule has 2 rings (SSSR count). The van der Waals surface area contributed by atoms with Crippen LogP contribution in [0.2, 0.25) is 0 Å². The number of rotatable bonds is 8. The quantitative estimate of drug-likeness (QED) is 0.696. The Labute approximate surface area is 156 Å². The molecular formula is C18H19NO7S. The Hall–Kier alpha value is -3.07. The van der Waals surface area contributed by atoms with Crippen molar-refractivity contribution in [2.75, 3.05) is 20.0 Å². The second-order valence-corrected chi connectivity index (χ2v) is 7.51. The van der Waals surface area contributed by atoms with E-state index in [1.807, 2.05) is 0 Å². The number of carboxylic acid groups (broad SMARTS) is 1. The van der Waals surface area contributed by atoms with E-state index in [9.17, 15) is 23.1 Å². The van der Waals surface area contributed by atoms with Crippen LogP contribution in [-0.4, -0.2) is 45.4 Å². The molecule has 27 heavy (non-hydrogen) atoms. The Kier molecular flexibility index (Phi) is 6.40. The van der Waals surface area contributed by atoms with Crippen molar-refractivity contribution >= 4 is 21.7 Å². The summed E-state index contributed by atoms with van der Waals surface area (Å²) in [6.45, 7) is 0. The lowest BCUT2D eigenvalue weighted by Crippen LogP contribution is -2.37. The molecule has 0 bridgehead atoms. The molecule has 0 aromatic heterocycles. The summed E-state index contributed by atoms with van der Waals surface area (Å²) in [4.78, 5) is 23.5. The van der Waals surface area contributed by atoms with Gasteiger partial charge in [0.15, 0.2) is 27.4 Å². The van der Waals surface area contributed by atoms with Crippen LogP contribution in [0.5, 0.6) is 11.5 Å². The molecule has 0 aliphatic heterocycles. The maximum absolute atomic E-state index is 12.5. The molecule has 2 N–H and O–H groups in total. The van der Waals surface area contributed by atoms with E-state index in [1.54, 1.807) is 18.2 Å². The summed E-state index contributed by atoms with van der Waals surface area (Å²) < 4.78 is 35.1. The summed E-state index contributed by atoms with van der Waals surface area (Å²) in [5, 5.41) is 11.6. The molecule has 2 aromatic rings. The van der Waals surface area contributed by atoms with Gasteiger partial charge in [0.2, 0.25) is 5.91 Å². The fourth-order valence-corrected chi connectivity index (χ4v) is 3.56. The predicted octanol–water partition coefficient (Wildman–Crippen LogP) is 1.42. The van der Waals surface area contributed by atoms with Crippen molar-refractivity contribution in [2.45, 2.75) is 10.9 Å². The van der Waals surface area contributed by atoms with E-state index in [-0.39, 0.29) is 10.6 Å². The number of sulfone groups is 1. The molecule has 9 heteroatoms. The lowest BCUT2D eigenvalue weighted by atomic mass is 10.1. The van der Waals surface area contributed by atoms with Crippen molar-refractivity contribution in [3.05, 3.63) is 54.1 Å². The smallest absolute Gasteiger partial charge is 0.330 e. The van der Waals surface area contributed by atoms with Crippen LogP contribution in [0.3, 0.4) is 0 Å². The lowest BCUT2D eigenvalue weighted by Gasteiger charge is -2.15. The molecule has 8 nitrogen and oxygen atoms in total. The monoisotopic (exact) mass is 393 g/mol. The van der Waals surface area contributed by atoms with Crippen molar-refractivity contribution in [1.82, 2.24) is 5.32 Å². The van der Waals surface area contributed by atoms with Gasteiger partial charge in [0, 0.05) is 6.07 Å². The number of methoxy groups -OCH3 is 2. The van der Waals surface area contributed by atoms with Gasteiger partial charge in [-0.25, -0.2) is 13.2 Å². The predicted molar refractivity (Wildman–Crippen MR) is 96.6 cm³/mol. The Morgan fingerprint density at radius 3 is 2.22 bits per heavy atom. The van der Waals surface area contributed by atoms with Gasteiger partial charge in [-0.3, -0.25) is 4.79 Å². The highest BCUT2D eigenvalue weighted by Crippen LogP contribution is 2.29. The third kappa shape index (κ3) is 4.98. The second-order valence-electron chi connectivity index (χ2n) is 5.53. The van der Waals surface area contributed by atoms with E-state index in [1.165, 1.54) is 44.6 Å². The second kappa shape index (κ2) is 8.54. The number of carbonyl (C=O) groups excluding carboxylic acids is 1. The maximum Gasteiger partial charge on any atom is 0.330 e. The number of carboxylic acids is 1. The van der Waals surface area contributed by atoms with Gasteiger partial charge in [0.05, 0.1) is 19.1 Å². The number of hydrogen-bond donors (Lipinski definition) is 2. The highest BCUT2D eigenvalue weighted by Gasteiger charge is 2.26. The van der Waals surface area contributed by atoms with Crippen molar-refractivity contribution in [1.29, 1.82) is 0 Å². The van der Waals surface area contributed by atoms with Crippen LogP contribution in [-0.2, 0) is 19.4 Å². The summed E-state index contributed by atoms with van der Waals surface area (Å²) in [6.07, 6.45) is 0. The fraction of sp³-hybridized carbons (Fsp3) is 0.222. The topological polar surface area (TPSA) is 119 Å². The molecule has 2 aromatic carbocycles. The molecule has 0 unspecified atom stereocenters. The van der Waals surface area contributed by atoms with Crippen LogP contribution < -0.4 is 14.8 Å². The van der Waals surface area contributed by atoms with E-state index in [0.717, 1.165) is 0 Å². The molecule has 0 saturated carbocycles. The highest BCUT2D eigenvalue weighted by atomic mass is 32.2. The van der Waals surface area contributed by atoms with Crippen molar-refractivity contribution in [3.8, 4) is 11.5 Å². The van der Waals surface area contributed by atoms with Crippen LogP contribution in [0.25, 0.3) is 0 Å². The molecule has 0 aliphatic rings. The van der Waals surface area contributed by atoms with Gasteiger partial charge < -0.3 is 19.9 Å². The van der Waals surface area contributed by atoms with Crippen LogP contribution in [0.4, 0.5) is 0 Å². The minimum atomic E-state index is -4.01. The molecule has 0 saturated heterocycles. The largest absolute Gasteiger partial charge is 0.493 e. The first-order valence-electron chi connectivity index (χ1n) is 7.80. The van der Waals surface area contributed by atoms with Gasteiger partial charge in [0.1, 0.15) is 5.75 Å². The average Bonchev–Trinajstić information content (AvgIpc) is 2.65. The van der Waals surface area contributed by atoms with Gasteiger partial charge in [-0.15, -0.1) is 0 Å². The summed E-state index contributed by atoms with van der Waals surface area (Å²) >= 11 is 0. The van der Waals surface area contributed by atoms with E-state index in [2.05, 4.69) is 5.32 Å². The molecule has 0 spiro atoms. The summed E-state index contributed by atoms with van der Waals surface area (Å²) in [5.41, 5.74) is 0.335. The highest BCUT2D eigenvalue weighted by molar-refractivity contribution is 7.92. The zero-order valence-corrected chi connectivity index (χ0v) is 15.5. The number of amides is 1. The van der Waals surface area contributed by atoms with Crippen LogP contribution in [0.15, 0.2) is 53.4 Å². The van der Waals surface area contributed by atoms with E-state index in [0.29, 0.717) is 11.3 Å². The maximum atomic E-state index is 12.5. The first-order chi connectivity index (χ1) is 12.8. The Bertz CT molecular complexity index is 926. The zero-order valence-electron chi connectivity index (χ0n) is 14.7. The Morgan fingerprint density at radius 2 is 1.67 bits per heavy atom. The standard InChI is InChI=1S/C18H19NO7S/c1-25-14-9-8-13(10-15(14)26-2)27(23,24)11-16(20)19-17(18(21)22)12-6-4-3-5-7-12/h3-10,17H,11H2,1-2H3,(H,19,20)(H,21,22)/t17-/m0/s1. The number of carbonyl (C=O) groups is 2. The fourth-order valence-electron chi connectivity index (χ4n) is 2.40. The van der Waals surface area contributed by atoms with Gasteiger partial charge in [-0.1, -0.05) is 30.3 Å². The van der Waals surface area contributed by atoms with Crippen LogP contribution >= 0.6 is 0 Å².